The summed E-state index contributed by atoms with van der Waals surface area (Å²) in [7, 11) is 1.73. The minimum atomic E-state index is -0.875. The molecule has 1 N–H and O–H groups in total. The number of fused-ring (bicyclic) bond motifs is 6. The van der Waals surface area contributed by atoms with E-state index in [2.05, 4.69) is 28.4 Å². The second-order valence-corrected chi connectivity index (χ2v) is 20.0. The Morgan fingerprint density at radius 1 is 0.970 bits per heavy atom. The first kappa shape index (κ1) is 40.6. The van der Waals surface area contributed by atoms with E-state index >= 15 is 13.6 Å². The normalized spacial score (nSPS) is 25.8. The lowest BCUT2D eigenvalue weighted by Crippen LogP contribution is -2.50. The first-order valence-electron chi connectivity index (χ1n) is 23.5. The topological polar surface area (TPSA) is 168 Å². The van der Waals surface area contributed by atoms with E-state index in [-0.39, 0.29) is 46.3 Å². The fourth-order valence-corrected chi connectivity index (χ4v) is 12.4. The lowest BCUT2D eigenvalue weighted by atomic mass is 9.79. The molecule has 2 bridgehead atoms. The highest BCUT2D eigenvalue weighted by Gasteiger charge is 2.60. The van der Waals surface area contributed by atoms with Gasteiger partial charge in [0.25, 0.3) is 5.91 Å². The van der Waals surface area contributed by atoms with E-state index < -0.39 is 28.8 Å². The van der Waals surface area contributed by atoms with Crippen LogP contribution in [-0.2, 0) is 30.2 Å². The van der Waals surface area contributed by atoms with Gasteiger partial charge in [-0.1, -0.05) is 12.1 Å². The van der Waals surface area contributed by atoms with Gasteiger partial charge in [-0.2, -0.15) is 10.2 Å². The number of amides is 1. The summed E-state index contributed by atoms with van der Waals surface area (Å²) in [5, 5.41) is 13.9. The van der Waals surface area contributed by atoms with Crippen LogP contribution in [0.5, 0.6) is 0 Å². The number of H-pyrrole nitrogens is 1. The Balaban J connectivity index is 0.959. The highest BCUT2D eigenvalue weighted by molar-refractivity contribution is 5.96. The molecule has 6 aliphatic rings. The molecule has 2 aliphatic carbocycles. The average Bonchev–Trinajstić information content (AvgIpc) is 3.73. The number of halogens is 2. The van der Waals surface area contributed by atoms with Crippen LogP contribution in [0.2, 0.25) is 0 Å². The number of aliphatic imine (C=N–C) groups is 1. The highest BCUT2D eigenvalue weighted by Crippen LogP contribution is 2.58. The van der Waals surface area contributed by atoms with Crippen molar-refractivity contribution in [3.8, 4) is 17.2 Å². The van der Waals surface area contributed by atoms with Gasteiger partial charge in [-0.3, -0.25) is 28.1 Å². The van der Waals surface area contributed by atoms with Crippen LogP contribution in [0.3, 0.4) is 0 Å². The van der Waals surface area contributed by atoms with Crippen molar-refractivity contribution in [3.05, 3.63) is 121 Å². The van der Waals surface area contributed by atoms with Crippen LogP contribution >= 0.6 is 0 Å². The summed E-state index contributed by atoms with van der Waals surface area (Å²) in [5.41, 5.74) is 3.46. The fraction of sp³-hybridized carbons (Fsp3) is 0.449. The van der Waals surface area contributed by atoms with Gasteiger partial charge in [-0.05, 0) is 130 Å². The van der Waals surface area contributed by atoms with Gasteiger partial charge in [-0.15, -0.1) is 0 Å². The summed E-state index contributed by atoms with van der Waals surface area (Å²) in [5.74, 6) is 0.235. The van der Waals surface area contributed by atoms with Crippen molar-refractivity contribution in [2.24, 2.45) is 29.8 Å². The maximum absolute atomic E-state index is 16.2. The third-order valence-electron chi connectivity index (χ3n) is 16.1. The summed E-state index contributed by atoms with van der Waals surface area (Å²) >= 11 is 0. The number of aromatic nitrogens is 9. The van der Waals surface area contributed by atoms with Crippen LogP contribution in [0, 0.1) is 43.2 Å². The molecule has 4 fully saturated rings. The molecule has 7 aromatic rings. The summed E-state index contributed by atoms with van der Waals surface area (Å²) < 4.78 is 50.8. The van der Waals surface area contributed by atoms with Gasteiger partial charge in [0, 0.05) is 56.2 Å². The Bertz CT molecular complexity index is 3370. The predicted octanol–water partition coefficient (Wildman–Crippen LogP) is 6.98. The van der Waals surface area contributed by atoms with Gasteiger partial charge < -0.3 is 14.2 Å². The van der Waals surface area contributed by atoms with E-state index in [1.165, 1.54) is 21.5 Å². The number of aryl methyl sites for hydroxylation is 3. The van der Waals surface area contributed by atoms with Crippen LogP contribution in [0.15, 0.2) is 68.0 Å². The third-order valence-corrected chi connectivity index (χ3v) is 16.1. The number of nitrogens with zero attached hydrogens (tertiary/aromatic N) is 10. The minimum Gasteiger partial charge on any atom is -0.375 e. The lowest BCUT2D eigenvalue weighted by molar-refractivity contribution is -0.0345. The molecule has 67 heavy (non-hydrogen) atoms. The number of hydrogen-bond donors (Lipinski definition) is 1. The molecular weight excluding hydrogens is 861 g/mol. The quantitative estimate of drug-likeness (QED) is 0.179. The Hall–Kier alpha value is -6.69. The van der Waals surface area contributed by atoms with E-state index in [1.807, 2.05) is 15.5 Å². The smallest absolute Gasteiger partial charge is 0.375 e. The highest BCUT2D eigenvalue weighted by atomic mass is 19.1. The molecule has 2 saturated heterocycles. The van der Waals surface area contributed by atoms with Gasteiger partial charge in [0.05, 0.1) is 45.8 Å². The van der Waals surface area contributed by atoms with Crippen molar-refractivity contribution in [2.75, 3.05) is 6.61 Å². The number of ether oxygens (including phenoxy) is 1. The van der Waals surface area contributed by atoms with Crippen molar-refractivity contribution in [1.82, 2.24) is 48.3 Å². The van der Waals surface area contributed by atoms with Crippen LogP contribution in [-0.4, -0.2) is 78.7 Å². The minimum absolute atomic E-state index is 0.000435. The molecule has 5 aromatic heterocycles. The molecule has 18 heteroatoms. The molecule has 2 aromatic carbocycles. The van der Waals surface area contributed by atoms with Gasteiger partial charge in [0.1, 0.15) is 28.7 Å². The zero-order chi connectivity index (χ0) is 45.8. The standard InChI is InChI=1S/C49H49F2N11O5/c1-25-16-32(17-26(2)40(25)50)62-43(59-14-13-58(47(59)65)37-9-8-35-33(41(37)51)24-53-57(35)4)39-34(55-62)20-31-6-5-7-36(39)60(31)44(63)38-19-29-18-30(28-10-15-66-48(22-28)11-12-48)23-52-42(29)61(38)49(21-27(49)3)45-54-46(64)67-56-45/h8-9,13-14,16-17,19,23-24,27-28,30-31,36H,5-7,10-12,15,18,20-22H2,1-4H3,(H,54,56,64)/t27-,28-,30?,31+,36-,49-/m0/s1. The zero-order valence-corrected chi connectivity index (χ0v) is 37.6. The Kier molecular flexibility index (Phi) is 8.58. The van der Waals surface area contributed by atoms with Gasteiger partial charge in [0.2, 0.25) is 0 Å². The number of aromatic amines is 1. The lowest BCUT2D eigenvalue weighted by Gasteiger charge is -2.46. The molecule has 13 rings (SSSR count). The summed E-state index contributed by atoms with van der Waals surface area (Å²) in [6, 6.07) is 7.96. The molecule has 9 heterocycles. The molecule has 1 unspecified atom stereocenters. The van der Waals surface area contributed by atoms with E-state index in [4.69, 9.17) is 19.4 Å². The Morgan fingerprint density at radius 3 is 2.51 bits per heavy atom. The number of carbonyl (C=O) groups is 1. The van der Waals surface area contributed by atoms with E-state index in [1.54, 1.807) is 60.7 Å². The number of nitrogens with one attached hydrogen (secondary N) is 1. The molecule has 344 valence electrons. The number of imidazole rings is 1. The largest absolute Gasteiger partial charge is 0.438 e. The molecule has 2 saturated carbocycles. The predicted molar refractivity (Wildman–Crippen MR) is 241 cm³/mol. The summed E-state index contributed by atoms with van der Waals surface area (Å²) in [6.07, 6.45) is 14.6. The maximum Gasteiger partial charge on any atom is 0.438 e. The van der Waals surface area contributed by atoms with Crippen LogP contribution in [0.1, 0.15) is 109 Å². The van der Waals surface area contributed by atoms with E-state index in [9.17, 15) is 9.59 Å². The first-order valence-corrected chi connectivity index (χ1v) is 23.5. The molecule has 1 spiro atoms. The van der Waals surface area contributed by atoms with E-state index in [0.29, 0.717) is 82.6 Å². The second kappa shape index (κ2) is 14.2. The van der Waals surface area contributed by atoms with Crippen LogP contribution in [0.4, 0.5) is 14.6 Å². The van der Waals surface area contributed by atoms with Crippen molar-refractivity contribution in [2.45, 2.75) is 108 Å². The van der Waals surface area contributed by atoms with Crippen LogP contribution < -0.4 is 11.4 Å². The first-order chi connectivity index (χ1) is 32.3. The maximum atomic E-state index is 16.2. The Morgan fingerprint density at radius 2 is 1.76 bits per heavy atom. The van der Waals surface area contributed by atoms with Crippen molar-refractivity contribution < 1.29 is 22.8 Å². The molecule has 16 nitrogen and oxygen atoms in total. The molecule has 6 atom stereocenters. The number of hydrogen-bond acceptors (Lipinski definition) is 9. The van der Waals surface area contributed by atoms with Crippen molar-refractivity contribution in [1.29, 1.82) is 0 Å². The molecule has 1 amide bonds. The molecular formula is C49H49F2N11O5. The molecule has 0 radical (unpaired) electrons. The van der Waals surface area contributed by atoms with E-state index in [0.717, 1.165) is 56.4 Å². The van der Waals surface area contributed by atoms with Crippen molar-refractivity contribution in [3.63, 3.8) is 0 Å². The summed E-state index contributed by atoms with van der Waals surface area (Å²) in [4.78, 5) is 53.3. The number of carbonyl (C=O) groups excluding carboxylic acids is 1. The zero-order valence-electron chi connectivity index (χ0n) is 37.6. The average molecular weight is 910 g/mol. The third kappa shape index (κ3) is 5.86. The van der Waals surface area contributed by atoms with Gasteiger partial charge in [0.15, 0.2) is 11.6 Å². The monoisotopic (exact) mass is 909 g/mol. The van der Waals surface area contributed by atoms with Crippen molar-refractivity contribution >= 4 is 28.8 Å². The number of rotatable bonds is 7. The Labute approximate surface area is 381 Å². The molecule has 4 aliphatic heterocycles. The van der Waals surface area contributed by atoms with Gasteiger partial charge >= 0.3 is 11.4 Å². The second-order valence-electron chi connectivity index (χ2n) is 20.0. The number of benzene rings is 2. The van der Waals surface area contributed by atoms with Crippen LogP contribution in [0.25, 0.3) is 28.1 Å². The summed E-state index contributed by atoms with van der Waals surface area (Å²) in [6.45, 7) is 6.20. The van der Waals surface area contributed by atoms with Gasteiger partial charge in [-0.25, -0.2) is 28.0 Å². The SMILES string of the molecule is Cc1cc(-n2nc3c(c2-n2ccn(-c4ccc5c(cnn5C)c4F)c2=O)[C@@H]2CCC[C@H](C3)N2C(=O)c2cc3c(n2[C@@]2(c4noc(=O)[nH]4)C[C@@H]2C)N=CC([C@H]2CCOC4(CC4)C2)C3)cc(C)c1F. The fourth-order valence-electron chi connectivity index (χ4n) is 12.4. The number of piperidine rings is 1.